The van der Waals surface area contributed by atoms with Crippen LogP contribution >= 0.6 is 0 Å². The van der Waals surface area contributed by atoms with Gasteiger partial charge in [-0.05, 0) is 36.5 Å². The molecule has 1 aromatic heterocycles. The molecule has 3 rings (SSSR count). The van der Waals surface area contributed by atoms with Gasteiger partial charge in [0, 0.05) is 13.1 Å². The number of amides is 1. The third-order valence-corrected chi connectivity index (χ3v) is 4.89. The number of rotatable bonds is 8. The predicted octanol–water partition coefficient (Wildman–Crippen LogP) is 3.98. The van der Waals surface area contributed by atoms with E-state index in [1.54, 1.807) is 6.26 Å². The lowest BCUT2D eigenvalue weighted by atomic mass is 9.89. The maximum atomic E-state index is 12.4. The molecule has 4 heteroatoms. The molecule has 134 valence electrons. The van der Waals surface area contributed by atoms with Gasteiger partial charge in [-0.25, -0.2) is 0 Å². The van der Waals surface area contributed by atoms with E-state index in [9.17, 15) is 4.79 Å². The highest BCUT2D eigenvalue weighted by atomic mass is 16.3. The Morgan fingerprint density at radius 1 is 1.04 bits per heavy atom. The zero-order valence-corrected chi connectivity index (χ0v) is 14.8. The second-order valence-corrected chi connectivity index (χ2v) is 7.02. The Hall–Kier alpha value is -2.07. The molecule has 4 nitrogen and oxygen atoms in total. The molecule has 1 N–H and O–H groups in total. The topological polar surface area (TPSA) is 45.5 Å². The molecular formula is C21H28N2O2. The fraction of sp³-hybridized carbons (Fsp3) is 0.476. The van der Waals surface area contributed by atoms with Crippen molar-refractivity contribution in [2.45, 2.75) is 45.2 Å². The molecule has 0 unspecified atom stereocenters. The Bertz CT molecular complexity index is 619. The Labute approximate surface area is 150 Å². The van der Waals surface area contributed by atoms with Crippen molar-refractivity contribution in [3.63, 3.8) is 0 Å². The molecule has 25 heavy (non-hydrogen) atoms. The number of nitrogens with one attached hydrogen (secondary N) is 1. The summed E-state index contributed by atoms with van der Waals surface area (Å²) in [6.45, 7) is 2.58. The first-order valence-electron chi connectivity index (χ1n) is 9.35. The van der Waals surface area contributed by atoms with Gasteiger partial charge in [0.05, 0.1) is 19.4 Å². The van der Waals surface area contributed by atoms with Crippen molar-refractivity contribution in [2.75, 3.05) is 13.1 Å². The van der Waals surface area contributed by atoms with Crippen LogP contribution in [0.2, 0.25) is 0 Å². The van der Waals surface area contributed by atoms with Crippen molar-refractivity contribution in [3.8, 4) is 0 Å². The highest BCUT2D eigenvalue weighted by Crippen LogP contribution is 2.22. The van der Waals surface area contributed by atoms with E-state index in [1.807, 2.05) is 30.3 Å². The van der Waals surface area contributed by atoms with Gasteiger partial charge in [-0.1, -0.05) is 49.6 Å². The molecule has 0 bridgehead atoms. The third-order valence-electron chi connectivity index (χ3n) is 4.89. The van der Waals surface area contributed by atoms with E-state index in [0.717, 1.165) is 18.8 Å². The van der Waals surface area contributed by atoms with Gasteiger partial charge < -0.3 is 9.73 Å². The van der Waals surface area contributed by atoms with E-state index in [0.29, 0.717) is 19.0 Å². The van der Waals surface area contributed by atoms with Gasteiger partial charge in [0.1, 0.15) is 5.76 Å². The first-order chi connectivity index (χ1) is 12.3. The van der Waals surface area contributed by atoms with E-state index >= 15 is 0 Å². The molecule has 0 aliphatic heterocycles. The van der Waals surface area contributed by atoms with Crippen LogP contribution in [0, 0.1) is 5.92 Å². The second-order valence-electron chi connectivity index (χ2n) is 7.02. The summed E-state index contributed by atoms with van der Waals surface area (Å²) in [4.78, 5) is 14.6. The largest absolute Gasteiger partial charge is 0.468 e. The highest BCUT2D eigenvalue weighted by Gasteiger charge is 2.17. The maximum Gasteiger partial charge on any atom is 0.234 e. The Balaban J connectivity index is 1.53. The minimum atomic E-state index is 0.105. The molecule has 1 fully saturated rings. The molecule has 1 aliphatic carbocycles. The Kier molecular flexibility index (Phi) is 6.69. The average Bonchev–Trinajstić information content (AvgIpc) is 3.15. The SMILES string of the molecule is O=C(CN(Cc1ccccc1)Cc1ccco1)NCC1CCCCC1. The van der Waals surface area contributed by atoms with Crippen LogP contribution in [0.25, 0.3) is 0 Å². The van der Waals surface area contributed by atoms with E-state index in [4.69, 9.17) is 4.42 Å². The van der Waals surface area contributed by atoms with Crippen LogP contribution in [0.1, 0.15) is 43.4 Å². The number of hydrogen-bond acceptors (Lipinski definition) is 3. The minimum Gasteiger partial charge on any atom is -0.468 e. The van der Waals surface area contributed by atoms with Crippen molar-refractivity contribution in [1.29, 1.82) is 0 Å². The molecule has 0 radical (unpaired) electrons. The van der Waals surface area contributed by atoms with Gasteiger partial charge in [0.2, 0.25) is 5.91 Å². The fourth-order valence-corrected chi connectivity index (χ4v) is 3.54. The van der Waals surface area contributed by atoms with Crippen LogP contribution in [-0.4, -0.2) is 23.9 Å². The monoisotopic (exact) mass is 340 g/mol. The smallest absolute Gasteiger partial charge is 0.234 e. The molecule has 1 heterocycles. The molecule has 0 atom stereocenters. The first kappa shape index (κ1) is 17.7. The van der Waals surface area contributed by atoms with Crippen LogP contribution < -0.4 is 5.32 Å². The van der Waals surface area contributed by atoms with Gasteiger partial charge in [0.25, 0.3) is 0 Å². The van der Waals surface area contributed by atoms with Crippen LogP contribution in [-0.2, 0) is 17.9 Å². The summed E-state index contributed by atoms with van der Waals surface area (Å²) in [7, 11) is 0. The van der Waals surface area contributed by atoms with Crippen LogP contribution in [0.5, 0.6) is 0 Å². The standard InChI is InChI=1S/C21H28N2O2/c24-21(22-14-18-8-3-1-4-9-18)17-23(16-20-12-7-13-25-20)15-19-10-5-2-6-11-19/h2,5-7,10-13,18H,1,3-4,8-9,14-17H2,(H,22,24). The average molecular weight is 340 g/mol. The highest BCUT2D eigenvalue weighted by molar-refractivity contribution is 5.78. The molecule has 0 saturated heterocycles. The lowest BCUT2D eigenvalue weighted by Gasteiger charge is -2.24. The van der Waals surface area contributed by atoms with Crippen molar-refractivity contribution >= 4 is 5.91 Å². The van der Waals surface area contributed by atoms with Crippen molar-refractivity contribution in [3.05, 3.63) is 60.1 Å². The maximum absolute atomic E-state index is 12.4. The lowest BCUT2D eigenvalue weighted by Crippen LogP contribution is -2.38. The number of nitrogens with zero attached hydrogens (tertiary/aromatic N) is 1. The van der Waals surface area contributed by atoms with E-state index in [1.165, 1.54) is 37.7 Å². The van der Waals surface area contributed by atoms with E-state index in [2.05, 4.69) is 22.3 Å². The summed E-state index contributed by atoms with van der Waals surface area (Å²) >= 11 is 0. The van der Waals surface area contributed by atoms with E-state index in [-0.39, 0.29) is 5.91 Å². The minimum absolute atomic E-state index is 0.105. The Morgan fingerprint density at radius 3 is 2.56 bits per heavy atom. The first-order valence-corrected chi connectivity index (χ1v) is 9.35. The lowest BCUT2D eigenvalue weighted by molar-refractivity contribution is -0.122. The summed E-state index contributed by atoms with van der Waals surface area (Å²) in [6, 6.07) is 14.1. The van der Waals surface area contributed by atoms with Crippen molar-refractivity contribution in [2.24, 2.45) is 5.92 Å². The molecule has 1 saturated carbocycles. The van der Waals surface area contributed by atoms with Crippen molar-refractivity contribution < 1.29 is 9.21 Å². The number of carbonyl (C=O) groups is 1. The van der Waals surface area contributed by atoms with E-state index < -0.39 is 0 Å². The predicted molar refractivity (Wildman–Crippen MR) is 98.8 cm³/mol. The number of furan rings is 1. The van der Waals surface area contributed by atoms with Crippen LogP contribution in [0.4, 0.5) is 0 Å². The zero-order valence-electron chi connectivity index (χ0n) is 14.8. The fourth-order valence-electron chi connectivity index (χ4n) is 3.54. The van der Waals surface area contributed by atoms with Crippen LogP contribution in [0.3, 0.4) is 0 Å². The van der Waals surface area contributed by atoms with Crippen molar-refractivity contribution in [1.82, 2.24) is 10.2 Å². The normalized spacial score (nSPS) is 15.4. The molecular weight excluding hydrogens is 312 g/mol. The summed E-state index contributed by atoms with van der Waals surface area (Å²) in [5.74, 6) is 1.65. The number of benzene rings is 1. The molecule has 1 aromatic carbocycles. The summed E-state index contributed by atoms with van der Waals surface area (Å²) in [5.41, 5.74) is 1.20. The van der Waals surface area contributed by atoms with Gasteiger partial charge in [0.15, 0.2) is 0 Å². The quantitative estimate of drug-likeness (QED) is 0.790. The zero-order chi connectivity index (χ0) is 17.3. The molecule has 1 aliphatic rings. The number of hydrogen-bond donors (Lipinski definition) is 1. The molecule has 1 amide bonds. The Morgan fingerprint density at radius 2 is 1.84 bits per heavy atom. The van der Waals surface area contributed by atoms with Gasteiger partial charge in [-0.2, -0.15) is 0 Å². The number of carbonyl (C=O) groups excluding carboxylic acids is 1. The molecule has 0 spiro atoms. The van der Waals surface area contributed by atoms with Gasteiger partial charge in [-0.15, -0.1) is 0 Å². The molecule has 2 aromatic rings. The van der Waals surface area contributed by atoms with Gasteiger partial charge in [-0.3, -0.25) is 9.69 Å². The summed E-state index contributed by atoms with van der Waals surface area (Å²) in [6.07, 6.45) is 8.14. The second kappa shape index (κ2) is 9.42. The van der Waals surface area contributed by atoms with Crippen LogP contribution in [0.15, 0.2) is 53.1 Å². The summed E-state index contributed by atoms with van der Waals surface area (Å²) in [5, 5.41) is 3.14. The summed E-state index contributed by atoms with van der Waals surface area (Å²) < 4.78 is 5.47. The third kappa shape index (κ3) is 6.05. The van der Waals surface area contributed by atoms with Gasteiger partial charge >= 0.3 is 0 Å².